The van der Waals surface area contributed by atoms with Crippen molar-refractivity contribution in [3.8, 4) is 5.75 Å². The molecule has 142 valence electrons. The van der Waals surface area contributed by atoms with E-state index in [1.165, 1.54) is 0 Å². The molecule has 0 bridgehead atoms. The second kappa shape index (κ2) is 6.68. The van der Waals surface area contributed by atoms with Crippen molar-refractivity contribution < 1.29 is 14.3 Å². The molecule has 1 atom stereocenters. The number of amides is 2. The highest BCUT2D eigenvalue weighted by Gasteiger charge is 2.42. The van der Waals surface area contributed by atoms with Crippen molar-refractivity contribution in [1.82, 2.24) is 25.0 Å². The van der Waals surface area contributed by atoms with E-state index < -0.39 is 5.60 Å². The van der Waals surface area contributed by atoms with Crippen LogP contribution >= 0.6 is 0 Å². The maximum absolute atomic E-state index is 12.8. The first-order valence-corrected chi connectivity index (χ1v) is 9.18. The minimum Gasteiger partial charge on any atom is -0.483 e. The summed E-state index contributed by atoms with van der Waals surface area (Å²) in [7, 11) is 0. The van der Waals surface area contributed by atoms with Crippen LogP contribution in [0.15, 0.2) is 24.3 Å². The van der Waals surface area contributed by atoms with Crippen molar-refractivity contribution in [3.63, 3.8) is 0 Å². The van der Waals surface area contributed by atoms with Crippen molar-refractivity contribution in [2.75, 3.05) is 19.6 Å². The number of piperidine rings is 1. The number of rotatable bonds is 2. The summed E-state index contributed by atoms with van der Waals surface area (Å²) in [6.07, 6.45) is 1.60. The number of fused-ring (bicyclic) bond motifs is 1. The van der Waals surface area contributed by atoms with Gasteiger partial charge in [-0.15, -0.1) is 0 Å². The van der Waals surface area contributed by atoms with Crippen molar-refractivity contribution in [1.29, 1.82) is 0 Å². The fourth-order valence-electron chi connectivity index (χ4n) is 3.83. The molecule has 2 aliphatic rings. The zero-order valence-electron chi connectivity index (χ0n) is 15.6. The molecule has 2 aromatic rings. The summed E-state index contributed by atoms with van der Waals surface area (Å²) in [6, 6.07) is 7.24. The Morgan fingerprint density at radius 2 is 2.15 bits per heavy atom. The number of hydrogen-bond donors (Lipinski definition) is 1. The quantitative estimate of drug-likeness (QED) is 0.856. The lowest BCUT2D eigenvalue weighted by molar-refractivity contribution is -0.137. The average molecular weight is 369 g/mol. The Bertz CT molecular complexity index is 893. The first kappa shape index (κ1) is 17.5. The molecule has 0 radical (unpaired) electrons. The maximum atomic E-state index is 12.8. The second-order valence-corrected chi connectivity index (χ2v) is 7.25. The van der Waals surface area contributed by atoms with Crippen molar-refractivity contribution >= 4 is 11.8 Å². The molecule has 3 heterocycles. The normalized spacial score (nSPS) is 22.0. The Morgan fingerprint density at radius 3 is 2.93 bits per heavy atom. The molecule has 8 nitrogen and oxygen atoms in total. The first-order chi connectivity index (χ1) is 13.0. The third kappa shape index (κ3) is 3.39. The summed E-state index contributed by atoms with van der Waals surface area (Å²) in [6.45, 7) is 5.30. The molecule has 1 saturated heterocycles. The van der Waals surface area contributed by atoms with E-state index in [0.717, 1.165) is 18.7 Å². The lowest BCUT2D eigenvalue weighted by Gasteiger charge is -2.42. The number of nitrogens with one attached hydrogen (secondary N) is 1. The average Bonchev–Trinajstić information content (AvgIpc) is 2.90. The highest BCUT2D eigenvalue weighted by Crippen LogP contribution is 2.32. The molecule has 8 heteroatoms. The molecule has 2 aliphatic heterocycles. The zero-order chi connectivity index (χ0) is 19.0. The number of carbonyl (C=O) groups is 2. The van der Waals surface area contributed by atoms with Gasteiger partial charge in [0.1, 0.15) is 29.5 Å². The Hall–Kier alpha value is -2.90. The van der Waals surface area contributed by atoms with E-state index >= 15 is 0 Å². The molecule has 2 amide bonds. The standard InChI is InChI=1S/C19H23N5O3/c1-13-21-14(2)24(22-13)10-17(25)23-9-5-8-19(12-23)11-20-18(26)15-6-3-4-7-16(15)27-19/h3-4,6-7H,5,8-12H2,1-2H3,(H,20,26)/t19-/m1/s1. The molecule has 0 aliphatic carbocycles. The topological polar surface area (TPSA) is 89.4 Å². The van der Waals surface area contributed by atoms with E-state index in [-0.39, 0.29) is 18.4 Å². The highest BCUT2D eigenvalue weighted by molar-refractivity contribution is 5.97. The van der Waals surface area contributed by atoms with Gasteiger partial charge in [-0.3, -0.25) is 9.59 Å². The van der Waals surface area contributed by atoms with Gasteiger partial charge in [0, 0.05) is 6.54 Å². The molecular formula is C19H23N5O3. The van der Waals surface area contributed by atoms with Gasteiger partial charge in [-0.2, -0.15) is 5.10 Å². The van der Waals surface area contributed by atoms with E-state index in [2.05, 4.69) is 15.4 Å². The van der Waals surface area contributed by atoms with Gasteiger partial charge in [0.15, 0.2) is 0 Å². The number of nitrogens with zero attached hydrogens (tertiary/aromatic N) is 4. The van der Waals surface area contributed by atoms with Crippen molar-refractivity contribution in [3.05, 3.63) is 41.5 Å². The van der Waals surface area contributed by atoms with Crippen LogP contribution in [-0.4, -0.2) is 56.7 Å². The van der Waals surface area contributed by atoms with Crippen LogP contribution in [0.1, 0.15) is 34.8 Å². The molecule has 4 rings (SSSR count). The highest BCUT2D eigenvalue weighted by atomic mass is 16.5. The predicted octanol–water partition coefficient (Wildman–Crippen LogP) is 1.08. The summed E-state index contributed by atoms with van der Waals surface area (Å²) in [4.78, 5) is 31.2. The van der Waals surface area contributed by atoms with E-state index in [0.29, 0.717) is 36.8 Å². The molecule has 0 saturated carbocycles. The van der Waals surface area contributed by atoms with Crippen molar-refractivity contribution in [2.24, 2.45) is 0 Å². The first-order valence-electron chi connectivity index (χ1n) is 9.18. The Morgan fingerprint density at radius 1 is 1.33 bits per heavy atom. The van der Waals surface area contributed by atoms with Gasteiger partial charge in [0.2, 0.25) is 5.91 Å². The molecular weight excluding hydrogens is 346 g/mol. The fraction of sp³-hybridized carbons (Fsp3) is 0.474. The van der Waals surface area contributed by atoms with Crippen LogP contribution in [0.5, 0.6) is 5.75 Å². The molecule has 1 aromatic carbocycles. The largest absolute Gasteiger partial charge is 0.483 e. The molecule has 1 aromatic heterocycles. The number of ether oxygens (including phenoxy) is 1. The lowest BCUT2D eigenvalue weighted by Crippen LogP contribution is -2.58. The van der Waals surface area contributed by atoms with Crippen LogP contribution < -0.4 is 10.1 Å². The Balaban J connectivity index is 1.53. The van der Waals surface area contributed by atoms with Gasteiger partial charge in [-0.05, 0) is 38.8 Å². The summed E-state index contributed by atoms with van der Waals surface area (Å²) >= 11 is 0. The van der Waals surface area contributed by atoms with Crippen LogP contribution in [0, 0.1) is 13.8 Å². The van der Waals surface area contributed by atoms with Gasteiger partial charge in [0.05, 0.1) is 18.7 Å². The third-order valence-corrected chi connectivity index (χ3v) is 5.17. The molecule has 27 heavy (non-hydrogen) atoms. The summed E-state index contributed by atoms with van der Waals surface area (Å²) < 4.78 is 7.93. The number of carbonyl (C=O) groups excluding carboxylic acids is 2. The van der Waals surface area contributed by atoms with Crippen LogP contribution in [0.2, 0.25) is 0 Å². The Kier molecular flexibility index (Phi) is 4.33. The van der Waals surface area contributed by atoms with Gasteiger partial charge in [-0.25, -0.2) is 9.67 Å². The monoisotopic (exact) mass is 369 g/mol. The lowest BCUT2D eigenvalue weighted by atomic mass is 9.92. The van der Waals surface area contributed by atoms with E-state index in [1.807, 2.05) is 32.0 Å². The summed E-state index contributed by atoms with van der Waals surface area (Å²) in [5, 5.41) is 7.23. The summed E-state index contributed by atoms with van der Waals surface area (Å²) in [5.74, 6) is 1.79. The van der Waals surface area contributed by atoms with Gasteiger partial charge < -0.3 is 15.0 Å². The third-order valence-electron chi connectivity index (χ3n) is 5.17. The SMILES string of the molecule is Cc1nc(C)n(CC(=O)N2CCC[C@@]3(CNC(=O)c4ccccc4O3)C2)n1. The number of aryl methyl sites for hydroxylation is 2. The van der Waals surface area contributed by atoms with E-state index in [1.54, 1.807) is 15.6 Å². The maximum Gasteiger partial charge on any atom is 0.255 e. The zero-order valence-corrected chi connectivity index (χ0v) is 15.6. The Labute approximate surface area is 157 Å². The molecule has 1 N–H and O–H groups in total. The minimum atomic E-state index is -0.608. The smallest absolute Gasteiger partial charge is 0.255 e. The predicted molar refractivity (Wildman–Crippen MR) is 97.4 cm³/mol. The van der Waals surface area contributed by atoms with Crippen LogP contribution in [0.3, 0.4) is 0 Å². The fourth-order valence-corrected chi connectivity index (χ4v) is 3.83. The number of benzene rings is 1. The molecule has 0 unspecified atom stereocenters. The van der Waals surface area contributed by atoms with Gasteiger partial charge in [0.25, 0.3) is 5.91 Å². The second-order valence-electron chi connectivity index (χ2n) is 7.25. The number of hydrogen-bond acceptors (Lipinski definition) is 5. The van der Waals surface area contributed by atoms with E-state index in [4.69, 9.17) is 4.74 Å². The van der Waals surface area contributed by atoms with Crippen molar-refractivity contribution in [2.45, 2.75) is 38.8 Å². The number of para-hydroxylation sites is 1. The van der Waals surface area contributed by atoms with Crippen LogP contribution in [0.25, 0.3) is 0 Å². The minimum absolute atomic E-state index is 0.0190. The van der Waals surface area contributed by atoms with Gasteiger partial charge >= 0.3 is 0 Å². The van der Waals surface area contributed by atoms with E-state index in [9.17, 15) is 9.59 Å². The number of likely N-dealkylation sites (tertiary alicyclic amines) is 1. The van der Waals surface area contributed by atoms with Gasteiger partial charge in [-0.1, -0.05) is 12.1 Å². The molecule has 1 spiro atoms. The molecule has 1 fully saturated rings. The summed E-state index contributed by atoms with van der Waals surface area (Å²) in [5.41, 5.74) is -0.0738. The van der Waals surface area contributed by atoms with Crippen LogP contribution in [-0.2, 0) is 11.3 Å². The number of aromatic nitrogens is 3. The van der Waals surface area contributed by atoms with Crippen LogP contribution in [0.4, 0.5) is 0 Å².